The van der Waals surface area contributed by atoms with Gasteiger partial charge < -0.3 is 0 Å². The lowest BCUT2D eigenvalue weighted by Gasteiger charge is -2.30. The van der Waals surface area contributed by atoms with Crippen LogP contribution < -0.4 is 4.90 Å². The Morgan fingerprint density at radius 1 is 0.879 bits per heavy atom. The number of rotatable bonds is 4. The molecule has 0 saturated heterocycles. The number of nitrogens with zero attached hydrogens (tertiary/aromatic N) is 1. The van der Waals surface area contributed by atoms with Crippen LogP contribution in [0.3, 0.4) is 0 Å². The molecule has 0 aliphatic carbocycles. The van der Waals surface area contributed by atoms with Gasteiger partial charge in [0.2, 0.25) is 0 Å². The highest BCUT2D eigenvalue weighted by atomic mass is 127. The molecule has 0 spiro atoms. The largest absolute Gasteiger partial charge is 0.289 e. The first-order valence-electron chi connectivity index (χ1n) is 10.5. The summed E-state index contributed by atoms with van der Waals surface area (Å²) in [5.41, 5.74) is 3.89. The van der Waals surface area contributed by atoms with Crippen LogP contribution in [0.4, 0.5) is 10.1 Å². The molecule has 0 saturated carbocycles. The van der Waals surface area contributed by atoms with Crippen molar-refractivity contribution in [1.82, 2.24) is 0 Å². The van der Waals surface area contributed by atoms with Crippen LogP contribution in [0.5, 0.6) is 0 Å². The summed E-state index contributed by atoms with van der Waals surface area (Å²) < 4.78 is 14.7. The van der Waals surface area contributed by atoms with Crippen molar-refractivity contribution in [2.24, 2.45) is 0 Å². The summed E-state index contributed by atoms with van der Waals surface area (Å²) in [6.45, 7) is 2.02. The van der Waals surface area contributed by atoms with Gasteiger partial charge in [0.25, 0.3) is 5.91 Å². The summed E-state index contributed by atoms with van der Waals surface area (Å²) >= 11 is 2.26. The number of carbonyl (C=O) groups excluding carboxylic acids is 1. The van der Waals surface area contributed by atoms with Crippen LogP contribution >= 0.6 is 22.6 Å². The lowest BCUT2D eigenvalue weighted by Crippen LogP contribution is -2.35. The van der Waals surface area contributed by atoms with Gasteiger partial charge in [0, 0.05) is 14.7 Å². The maximum atomic E-state index is 13.9. The fourth-order valence-corrected chi connectivity index (χ4v) is 4.47. The van der Waals surface area contributed by atoms with Crippen LogP contribution in [0.25, 0.3) is 0 Å². The van der Waals surface area contributed by atoms with E-state index in [9.17, 15) is 9.18 Å². The van der Waals surface area contributed by atoms with E-state index in [-0.39, 0.29) is 11.7 Å². The van der Waals surface area contributed by atoms with Crippen molar-refractivity contribution in [3.05, 3.63) is 135 Å². The van der Waals surface area contributed by atoms with E-state index in [1.165, 1.54) is 12.1 Å². The summed E-state index contributed by atoms with van der Waals surface area (Å²) in [5, 5.41) is 0. The van der Waals surface area contributed by atoms with Crippen molar-refractivity contribution in [1.29, 1.82) is 0 Å². The van der Waals surface area contributed by atoms with Gasteiger partial charge in [0.1, 0.15) is 11.9 Å². The Labute approximate surface area is 207 Å². The quantitative estimate of drug-likeness (QED) is 0.197. The Morgan fingerprint density at radius 2 is 1.58 bits per heavy atom. The highest BCUT2D eigenvalue weighted by Gasteiger charge is 2.28. The third-order valence-electron chi connectivity index (χ3n) is 5.15. The van der Waals surface area contributed by atoms with Gasteiger partial charge in [-0.15, -0.1) is 0 Å². The number of aryl methyl sites for hydroxylation is 1. The summed E-state index contributed by atoms with van der Waals surface area (Å²) in [4.78, 5) is 15.6. The Kier molecular flexibility index (Phi) is 7.21. The van der Waals surface area contributed by atoms with E-state index in [1.807, 2.05) is 73.7 Å². The number of hydrogen-bond donors (Lipinski definition) is 0. The number of hydrogen-bond acceptors (Lipinski definition) is 1. The molecular formula is C29H21FINO. The van der Waals surface area contributed by atoms with Gasteiger partial charge in [-0.3, -0.25) is 9.69 Å². The minimum absolute atomic E-state index is 0.153. The Hall–Kier alpha value is -3.43. The fraction of sp³-hybridized carbons (Fsp3) is 0.0690. The summed E-state index contributed by atoms with van der Waals surface area (Å²) in [6.07, 6.45) is 0. The molecule has 0 N–H and O–H groups in total. The molecule has 162 valence electrons. The molecule has 0 aromatic heterocycles. The predicted octanol–water partition coefficient (Wildman–Crippen LogP) is 7.18. The molecule has 0 fully saturated rings. The van der Waals surface area contributed by atoms with Crippen molar-refractivity contribution in [3.63, 3.8) is 0 Å². The van der Waals surface area contributed by atoms with E-state index in [4.69, 9.17) is 0 Å². The molecule has 1 amide bonds. The minimum atomic E-state index is -0.571. The first kappa shape index (κ1) is 22.8. The lowest BCUT2D eigenvalue weighted by atomic mass is 10.0. The molecule has 4 aromatic rings. The first-order chi connectivity index (χ1) is 16.0. The molecular weight excluding hydrogens is 524 g/mol. The van der Waals surface area contributed by atoms with E-state index in [0.29, 0.717) is 11.1 Å². The van der Waals surface area contributed by atoms with Gasteiger partial charge in [0.15, 0.2) is 0 Å². The SMILES string of the molecule is Cc1ccc(N(C(=O)c2ccccc2)C(C#Cc2cccc(F)c2)c2ccccc2)c(I)c1. The second-order valence-corrected chi connectivity index (χ2v) is 8.75. The van der Waals surface area contributed by atoms with Gasteiger partial charge >= 0.3 is 0 Å². The summed E-state index contributed by atoms with van der Waals surface area (Å²) in [5.74, 6) is 5.84. The Balaban J connectivity index is 1.90. The average Bonchev–Trinajstić information content (AvgIpc) is 2.83. The van der Waals surface area contributed by atoms with Crippen molar-refractivity contribution in [2.75, 3.05) is 4.90 Å². The van der Waals surface area contributed by atoms with E-state index in [2.05, 4.69) is 34.4 Å². The van der Waals surface area contributed by atoms with E-state index in [0.717, 1.165) is 20.4 Å². The monoisotopic (exact) mass is 545 g/mol. The van der Waals surface area contributed by atoms with Crippen LogP contribution in [0.2, 0.25) is 0 Å². The van der Waals surface area contributed by atoms with Crippen LogP contribution in [0.15, 0.2) is 103 Å². The predicted molar refractivity (Wildman–Crippen MR) is 140 cm³/mol. The number of benzene rings is 4. The number of halogens is 2. The van der Waals surface area contributed by atoms with Crippen LogP contribution in [-0.4, -0.2) is 5.91 Å². The molecule has 1 atom stereocenters. The van der Waals surface area contributed by atoms with E-state index >= 15 is 0 Å². The van der Waals surface area contributed by atoms with Gasteiger partial charge in [-0.05, 0) is 83.1 Å². The lowest BCUT2D eigenvalue weighted by molar-refractivity contribution is 0.0981. The molecule has 0 bridgehead atoms. The van der Waals surface area contributed by atoms with E-state index in [1.54, 1.807) is 29.2 Å². The molecule has 4 aromatic carbocycles. The maximum Gasteiger partial charge on any atom is 0.259 e. The topological polar surface area (TPSA) is 20.3 Å². The first-order valence-corrected chi connectivity index (χ1v) is 11.6. The zero-order chi connectivity index (χ0) is 23.2. The van der Waals surface area contributed by atoms with Crippen LogP contribution in [0.1, 0.15) is 33.1 Å². The smallest absolute Gasteiger partial charge is 0.259 e. The summed E-state index contributed by atoms with van der Waals surface area (Å²) in [7, 11) is 0. The van der Waals surface area contributed by atoms with Crippen molar-refractivity contribution in [2.45, 2.75) is 13.0 Å². The average molecular weight is 545 g/mol. The van der Waals surface area contributed by atoms with Gasteiger partial charge in [-0.1, -0.05) is 72.5 Å². The highest BCUT2D eigenvalue weighted by Crippen LogP contribution is 2.33. The van der Waals surface area contributed by atoms with Crippen molar-refractivity contribution >= 4 is 34.2 Å². The number of amides is 1. The number of carbonyl (C=O) groups is 1. The molecule has 4 rings (SSSR count). The Bertz CT molecular complexity index is 1330. The molecule has 0 radical (unpaired) electrons. The van der Waals surface area contributed by atoms with Crippen molar-refractivity contribution in [3.8, 4) is 11.8 Å². The maximum absolute atomic E-state index is 13.9. The molecule has 33 heavy (non-hydrogen) atoms. The van der Waals surface area contributed by atoms with E-state index < -0.39 is 6.04 Å². The molecule has 1 unspecified atom stereocenters. The third kappa shape index (κ3) is 5.50. The van der Waals surface area contributed by atoms with Crippen molar-refractivity contribution < 1.29 is 9.18 Å². The van der Waals surface area contributed by atoms with Crippen LogP contribution in [0, 0.1) is 28.2 Å². The van der Waals surface area contributed by atoms with Gasteiger partial charge in [-0.2, -0.15) is 0 Å². The van der Waals surface area contributed by atoms with Gasteiger partial charge in [-0.25, -0.2) is 4.39 Å². The second kappa shape index (κ2) is 10.5. The normalized spacial score (nSPS) is 11.2. The molecule has 0 aliphatic rings. The van der Waals surface area contributed by atoms with Crippen LogP contribution in [-0.2, 0) is 0 Å². The molecule has 2 nitrogen and oxygen atoms in total. The fourth-order valence-electron chi connectivity index (χ4n) is 3.54. The molecule has 0 heterocycles. The third-order valence-corrected chi connectivity index (χ3v) is 6.02. The van der Waals surface area contributed by atoms with Gasteiger partial charge in [0.05, 0.1) is 5.69 Å². The molecule has 0 aliphatic heterocycles. The highest BCUT2D eigenvalue weighted by molar-refractivity contribution is 14.1. The minimum Gasteiger partial charge on any atom is -0.289 e. The standard InChI is InChI=1S/C29H21FINO/c1-21-15-17-28(26(31)19-21)32(29(33)24-12-6-3-7-13-24)27(23-10-4-2-5-11-23)18-16-22-9-8-14-25(30)20-22/h2-15,17,19-20,27H,1H3. The number of anilines is 1. The Morgan fingerprint density at radius 3 is 2.24 bits per heavy atom. The zero-order valence-corrected chi connectivity index (χ0v) is 20.2. The zero-order valence-electron chi connectivity index (χ0n) is 18.0. The second-order valence-electron chi connectivity index (χ2n) is 7.59. The molecule has 4 heteroatoms. The summed E-state index contributed by atoms with van der Waals surface area (Å²) in [6, 6.07) is 30.5.